The Kier molecular flexibility index (Phi) is 4.62. The van der Waals surface area contributed by atoms with Crippen LogP contribution in [0.25, 0.3) is 5.13 Å². The standard InChI is InChI=1S/C18H25N5OS/c1-13-11-16(14(2)23(13)18-20-6-10-25-18)17(24)22-7-3-15(12-22)21-8-4-19-5-9-21/h6,10-11,15,19H,3-5,7-9,12H2,1-2H3. The van der Waals surface area contributed by atoms with Crippen LogP contribution in [0.3, 0.4) is 0 Å². The van der Waals surface area contributed by atoms with Gasteiger partial charge in [-0.3, -0.25) is 14.3 Å². The van der Waals surface area contributed by atoms with Gasteiger partial charge in [0.15, 0.2) is 5.13 Å². The molecule has 0 bridgehead atoms. The van der Waals surface area contributed by atoms with E-state index in [1.165, 1.54) is 0 Å². The zero-order chi connectivity index (χ0) is 17.4. The summed E-state index contributed by atoms with van der Waals surface area (Å²) in [4.78, 5) is 22.1. The normalized spacial score (nSPS) is 21.8. The lowest BCUT2D eigenvalue weighted by molar-refractivity contribution is 0.0773. The van der Waals surface area contributed by atoms with Crippen molar-refractivity contribution in [2.75, 3.05) is 39.3 Å². The first-order chi connectivity index (χ1) is 12.1. The van der Waals surface area contributed by atoms with Gasteiger partial charge in [-0.15, -0.1) is 11.3 Å². The molecule has 134 valence electrons. The van der Waals surface area contributed by atoms with E-state index < -0.39 is 0 Å². The Balaban J connectivity index is 1.51. The lowest BCUT2D eigenvalue weighted by Crippen LogP contribution is -2.49. The van der Waals surface area contributed by atoms with Gasteiger partial charge < -0.3 is 10.2 Å². The summed E-state index contributed by atoms with van der Waals surface area (Å²) in [6, 6.07) is 2.52. The number of hydrogen-bond acceptors (Lipinski definition) is 5. The highest BCUT2D eigenvalue weighted by Crippen LogP contribution is 2.25. The molecule has 2 saturated heterocycles. The molecule has 2 aromatic rings. The highest BCUT2D eigenvalue weighted by atomic mass is 32.1. The Morgan fingerprint density at radius 1 is 1.28 bits per heavy atom. The van der Waals surface area contributed by atoms with Crippen LogP contribution in [0, 0.1) is 13.8 Å². The Labute approximate surface area is 152 Å². The number of carbonyl (C=O) groups is 1. The Morgan fingerprint density at radius 2 is 2.08 bits per heavy atom. The SMILES string of the molecule is Cc1cc(C(=O)N2CCC(N3CCNCC3)C2)c(C)n1-c1nccs1. The molecule has 4 heterocycles. The topological polar surface area (TPSA) is 53.4 Å². The molecule has 2 aromatic heterocycles. The molecular formula is C18H25N5OS. The first kappa shape index (κ1) is 16.8. The smallest absolute Gasteiger partial charge is 0.255 e. The van der Waals surface area contributed by atoms with E-state index in [1.807, 2.05) is 30.2 Å². The van der Waals surface area contributed by atoms with Crippen LogP contribution < -0.4 is 5.32 Å². The van der Waals surface area contributed by atoms with Crippen LogP contribution in [0.1, 0.15) is 28.2 Å². The summed E-state index contributed by atoms with van der Waals surface area (Å²) in [7, 11) is 0. The molecule has 25 heavy (non-hydrogen) atoms. The third-order valence-corrected chi connectivity index (χ3v) is 6.15. The number of hydrogen-bond donors (Lipinski definition) is 1. The lowest BCUT2D eigenvalue weighted by atomic mass is 10.2. The molecule has 0 saturated carbocycles. The number of amides is 1. The monoisotopic (exact) mass is 359 g/mol. The van der Waals surface area contributed by atoms with Gasteiger partial charge in [0.2, 0.25) is 0 Å². The molecular weight excluding hydrogens is 334 g/mol. The van der Waals surface area contributed by atoms with Gasteiger partial charge in [-0.05, 0) is 26.3 Å². The second kappa shape index (κ2) is 6.90. The van der Waals surface area contributed by atoms with Crippen LogP contribution in [-0.2, 0) is 0 Å². The molecule has 1 amide bonds. The number of thiazole rings is 1. The summed E-state index contributed by atoms with van der Waals surface area (Å²) >= 11 is 1.60. The zero-order valence-electron chi connectivity index (χ0n) is 14.9. The summed E-state index contributed by atoms with van der Waals surface area (Å²) in [6.07, 6.45) is 2.88. The summed E-state index contributed by atoms with van der Waals surface area (Å²) in [5.74, 6) is 0.161. The van der Waals surface area contributed by atoms with Crippen molar-refractivity contribution in [2.24, 2.45) is 0 Å². The van der Waals surface area contributed by atoms with Crippen LogP contribution in [-0.4, -0.2) is 70.6 Å². The van der Waals surface area contributed by atoms with Crippen molar-refractivity contribution in [2.45, 2.75) is 26.3 Å². The molecule has 1 unspecified atom stereocenters. The number of carbonyl (C=O) groups excluding carboxylic acids is 1. The number of aryl methyl sites for hydroxylation is 1. The van der Waals surface area contributed by atoms with Crippen LogP contribution in [0.15, 0.2) is 17.6 Å². The number of rotatable bonds is 3. The van der Waals surface area contributed by atoms with E-state index in [2.05, 4.69) is 19.8 Å². The summed E-state index contributed by atoms with van der Waals surface area (Å²) in [5, 5.41) is 6.29. The minimum atomic E-state index is 0.161. The number of likely N-dealkylation sites (tertiary alicyclic amines) is 1. The number of nitrogens with zero attached hydrogens (tertiary/aromatic N) is 4. The van der Waals surface area contributed by atoms with E-state index in [4.69, 9.17) is 0 Å². The van der Waals surface area contributed by atoms with Crippen molar-refractivity contribution < 1.29 is 4.79 Å². The lowest BCUT2D eigenvalue weighted by Gasteiger charge is -2.32. The molecule has 1 atom stereocenters. The van der Waals surface area contributed by atoms with Crippen molar-refractivity contribution in [3.8, 4) is 5.13 Å². The maximum Gasteiger partial charge on any atom is 0.255 e. The molecule has 0 spiro atoms. The quantitative estimate of drug-likeness (QED) is 0.906. The minimum absolute atomic E-state index is 0.161. The molecule has 0 aromatic carbocycles. The first-order valence-electron chi connectivity index (χ1n) is 8.98. The predicted octanol–water partition coefficient (Wildman–Crippen LogP) is 1.67. The number of aromatic nitrogens is 2. The molecule has 4 rings (SSSR count). The van der Waals surface area contributed by atoms with Crippen molar-refractivity contribution in [1.82, 2.24) is 24.7 Å². The van der Waals surface area contributed by atoms with E-state index in [0.717, 1.165) is 67.8 Å². The van der Waals surface area contributed by atoms with Gasteiger partial charge in [0, 0.05) is 68.3 Å². The van der Waals surface area contributed by atoms with Crippen LogP contribution in [0.5, 0.6) is 0 Å². The first-order valence-corrected chi connectivity index (χ1v) is 9.86. The van der Waals surface area contributed by atoms with Gasteiger partial charge >= 0.3 is 0 Å². The van der Waals surface area contributed by atoms with Gasteiger partial charge in [0.05, 0.1) is 5.56 Å². The van der Waals surface area contributed by atoms with Crippen molar-refractivity contribution >= 4 is 17.2 Å². The molecule has 7 heteroatoms. The second-order valence-corrected chi connectivity index (χ2v) is 7.79. The fourth-order valence-corrected chi connectivity index (χ4v) is 4.79. The summed E-state index contributed by atoms with van der Waals surface area (Å²) in [5.41, 5.74) is 2.87. The Morgan fingerprint density at radius 3 is 2.80 bits per heavy atom. The summed E-state index contributed by atoms with van der Waals surface area (Å²) < 4.78 is 2.09. The summed E-state index contributed by atoms with van der Waals surface area (Å²) in [6.45, 7) is 10.0. The van der Waals surface area contributed by atoms with E-state index >= 15 is 0 Å². The third kappa shape index (κ3) is 3.12. The molecule has 1 N–H and O–H groups in total. The van der Waals surface area contributed by atoms with Gasteiger partial charge in [-0.25, -0.2) is 4.98 Å². The van der Waals surface area contributed by atoms with Crippen molar-refractivity contribution in [3.05, 3.63) is 34.6 Å². The van der Waals surface area contributed by atoms with Crippen molar-refractivity contribution in [1.29, 1.82) is 0 Å². The van der Waals surface area contributed by atoms with Crippen LogP contribution in [0.4, 0.5) is 0 Å². The van der Waals surface area contributed by atoms with Gasteiger partial charge in [-0.1, -0.05) is 0 Å². The average molecular weight is 359 g/mol. The van der Waals surface area contributed by atoms with Gasteiger partial charge in [0.1, 0.15) is 0 Å². The van der Waals surface area contributed by atoms with E-state index in [0.29, 0.717) is 6.04 Å². The molecule has 2 aliphatic rings. The zero-order valence-corrected chi connectivity index (χ0v) is 15.7. The molecule has 0 aliphatic carbocycles. The highest BCUT2D eigenvalue weighted by Gasteiger charge is 2.32. The van der Waals surface area contributed by atoms with Gasteiger partial charge in [-0.2, -0.15) is 0 Å². The van der Waals surface area contributed by atoms with Crippen LogP contribution >= 0.6 is 11.3 Å². The number of piperazine rings is 1. The number of nitrogens with one attached hydrogen (secondary N) is 1. The maximum absolute atomic E-state index is 13.1. The molecule has 2 aliphatic heterocycles. The van der Waals surface area contributed by atoms with Crippen molar-refractivity contribution in [3.63, 3.8) is 0 Å². The Bertz CT molecular complexity index is 748. The maximum atomic E-state index is 13.1. The fraction of sp³-hybridized carbons (Fsp3) is 0.556. The minimum Gasteiger partial charge on any atom is -0.337 e. The molecule has 0 radical (unpaired) electrons. The predicted molar refractivity (Wildman–Crippen MR) is 99.7 cm³/mol. The highest BCUT2D eigenvalue weighted by molar-refractivity contribution is 7.12. The molecule has 2 fully saturated rings. The second-order valence-electron chi connectivity index (χ2n) is 6.91. The average Bonchev–Trinajstić information content (AvgIpc) is 3.35. The van der Waals surface area contributed by atoms with E-state index in [9.17, 15) is 4.79 Å². The fourth-order valence-electron chi connectivity index (χ4n) is 4.04. The van der Waals surface area contributed by atoms with Crippen LogP contribution in [0.2, 0.25) is 0 Å². The van der Waals surface area contributed by atoms with Gasteiger partial charge in [0.25, 0.3) is 5.91 Å². The largest absolute Gasteiger partial charge is 0.337 e. The third-order valence-electron chi connectivity index (χ3n) is 5.39. The van der Waals surface area contributed by atoms with E-state index in [1.54, 1.807) is 17.5 Å². The molecule has 6 nitrogen and oxygen atoms in total. The van der Waals surface area contributed by atoms with E-state index in [-0.39, 0.29) is 5.91 Å². The Hall–Kier alpha value is -1.70.